The molecule has 0 bridgehead atoms. The molecule has 0 N–H and O–H groups in total. The van der Waals surface area contributed by atoms with Crippen LogP contribution in [0.3, 0.4) is 0 Å². The second kappa shape index (κ2) is 13.4. The summed E-state index contributed by atoms with van der Waals surface area (Å²) < 4.78 is 2.37. The minimum absolute atomic E-state index is 0.00919. The first-order valence-corrected chi connectivity index (χ1v) is 19.6. The minimum Gasteiger partial charge on any atom is -0.363 e. The predicted molar refractivity (Wildman–Crippen MR) is 219 cm³/mol. The molecular weight excluding hydrogens is 657 g/mol. The Kier molecular flexibility index (Phi) is 8.07. The number of nitriles is 2. The molecule has 1 aliphatic heterocycles. The van der Waals surface area contributed by atoms with Crippen molar-refractivity contribution in [3.05, 3.63) is 180 Å². The first-order valence-electron chi connectivity index (χ1n) is 19.6. The molecule has 7 atom stereocenters. The van der Waals surface area contributed by atoms with E-state index in [1.54, 1.807) is 0 Å². The average molecular weight is 699 g/mol. The van der Waals surface area contributed by atoms with Gasteiger partial charge in [0.25, 0.3) is 0 Å². The number of hydrogen-bond donors (Lipinski definition) is 0. The van der Waals surface area contributed by atoms with Crippen molar-refractivity contribution in [3.8, 4) is 17.8 Å². The highest BCUT2D eigenvalue weighted by Crippen LogP contribution is 2.51. The van der Waals surface area contributed by atoms with E-state index in [1.807, 2.05) is 18.2 Å². The van der Waals surface area contributed by atoms with Crippen LogP contribution in [-0.2, 0) is 0 Å². The minimum atomic E-state index is -0.00919. The van der Waals surface area contributed by atoms with E-state index in [9.17, 15) is 10.5 Å². The molecule has 4 aliphatic carbocycles. The predicted octanol–water partition coefficient (Wildman–Crippen LogP) is 11.4. The van der Waals surface area contributed by atoms with Crippen LogP contribution in [0.4, 0.5) is 0 Å². The van der Waals surface area contributed by atoms with Crippen molar-refractivity contribution < 1.29 is 0 Å². The molecule has 262 valence electrons. The van der Waals surface area contributed by atoms with Gasteiger partial charge in [-0.1, -0.05) is 127 Å². The Bertz CT molecular complexity index is 2580. The summed E-state index contributed by atoms with van der Waals surface area (Å²) in [5, 5.41) is 22.4. The van der Waals surface area contributed by atoms with Crippen LogP contribution < -0.4 is 0 Å². The molecule has 54 heavy (non-hydrogen) atoms. The molecule has 5 aliphatic rings. The lowest BCUT2D eigenvalue weighted by atomic mass is 9.73. The summed E-state index contributed by atoms with van der Waals surface area (Å²) in [5.74, 6) is 1.03. The second-order valence-electron chi connectivity index (χ2n) is 15.5. The lowest BCUT2D eigenvalue weighted by Gasteiger charge is -2.39. The SMILES string of the molecule is N#Cc1cccc(-n2c3ccccc3c3cccc(C4C=CC=CC4c4ccccc4C4=CC5C6C=CC=CC6N(C6=CCCCC6C#N)[C@H]5CC4)c32)c1. The fourth-order valence-electron chi connectivity index (χ4n) is 10.5. The van der Waals surface area contributed by atoms with E-state index in [1.165, 1.54) is 44.2 Å². The maximum atomic E-state index is 10.2. The molecule has 1 fully saturated rings. The number of allylic oxidation sites excluding steroid dienone is 9. The van der Waals surface area contributed by atoms with E-state index >= 15 is 0 Å². The Morgan fingerprint density at radius 2 is 1.44 bits per heavy atom. The van der Waals surface area contributed by atoms with Gasteiger partial charge in [-0.2, -0.15) is 10.5 Å². The summed E-state index contributed by atoms with van der Waals surface area (Å²) in [6, 6.07) is 38.2. The van der Waals surface area contributed by atoms with Crippen LogP contribution in [0.2, 0.25) is 0 Å². The topological polar surface area (TPSA) is 55.8 Å². The third-order valence-electron chi connectivity index (χ3n) is 12.8. The number of para-hydroxylation sites is 2. The molecule has 4 aromatic carbocycles. The molecule has 0 radical (unpaired) electrons. The number of aromatic nitrogens is 1. The van der Waals surface area contributed by atoms with Gasteiger partial charge in [0.15, 0.2) is 0 Å². The summed E-state index contributed by atoms with van der Waals surface area (Å²) in [7, 11) is 0. The van der Waals surface area contributed by atoms with Crippen molar-refractivity contribution >= 4 is 27.4 Å². The Hall–Kier alpha value is -6.10. The molecule has 0 spiro atoms. The molecule has 0 saturated carbocycles. The van der Waals surface area contributed by atoms with Crippen LogP contribution >= 0.6 is 0 Å². The van der Waals surface area contributed by atoms with Crippen LogP contribution in [0.15, 0.2) is 157 Å². The second-order valence-corrected chi connectivity index (χ2v) is 15.5. The molecule has 6 unspecified atom stereocenters. The van der Waals surface area contributed by atoms with Gasteiger partial charge in [0.2, 0.25) is 0 Å². The molecule has 1 aromatic heterocycles. The quantitative estimate of drug-likeness (QED) is 0.184. The maximum Gasteiger partial charge on any atom is 0.0992 e. The number of benzene rings is 4. The zero-order valence-electron chi connectivity index (χ0n) is 30.3. The summed E-state index contributed by atoms with van der Waals surface area (Å²) in [6.45, 7) is 0. The van der Waals surface area contributed by atoms with Crippen molar-refractivity contribution in [2.24, 2.45) is 17.8 Å². The van der Waals surface area contributed by atoms with E-state index in [4.69, 9.17) is 0 Å². The molecule has 1 saturated heterocycles. The van der Waals surface area contributed by atoms with E-state index in [0.29, 0.717) is 29.5 Å². The van der Waals surface area contributed by atoms with Crippen LogP contribution in [0.1, 0.15) is 66.2 Å². The third-order valence-corrected chi connectivity index (χ3v) is 12.8. The average Bonchev–Trinajstić information content (AvgIpc) is 3.76. The van der Waals surface area contributed by atoms with Crippen LogP contribution in [0.5, 0.6) is 0 Å². The Labute approximate surface area is 317 Å². The highest BCUT2D eigenvalue weighted by atomic mass is 15.2. The van der Waals surface area contributed by atoms with Crippen molar-refractivity contribution in [1.82, 2.24) is 9.47 Å². The number of fused-ring (bicyclic) bond motifs is 6. The van der Waals surface area contributed by atoms with Gasteiger partial charge in [0.1, 0.15) is 0 Å². The fraction of sp³-hybridized carbons (Fsp3) is 0.240. The summed E-state index contributed by atoms with van der Waals surface area (Å²) >= 11 is 0. The van der Waals surface area contributed by atoms with Gasteiger partial charge in [-0.05, 0) is 78.6 Å². The monoisotopic (exact) mass is 698 g/mol. The fourth-order valence-corrected chi connectivity index (χ4v) is 10.5. The number of likely N-dealkylation sites (tertiary alicyclic amines) is 1. The van der Waals surface area contributed by atoms with Gasteiger partial charge in [-0.3, -0.25) is 0 Å². The molecule has 4 heteroatoms. The molecule has 4 nitrogen and oxygen atoms in total. The smallest absolute Gasteiger partial charge is 0.0992 e. The van der Waals surface area contributed by atoms with Gasteiger partial charge in [-0.25, -0.2) is 0 Å². The van der Waals surface area contributed by atoms with E-state index in [0.717, 1.165) is 43.3 Å². The number of hydrogen-bond acceptors (Lipinski definition) is 3. The highest BCUT2D eigenvalue weighted by molar-refractivity contribution is 6.10. The molecule has 5 aromatic rings. The highest BCUT2D eigenvalue weighted by Gasteiger charge is 2.49. The standard InChI is InChI=1S/C50H42N4/c51-31-33-13-11-15-36(29-33)53-47-25-9-6-20-41(47)44-23-12-22-43(50(44)53)40-19-5-4-18-39(40)38-17-3-2-16-37(38)34-27-28-49-45(30-34)42-21-7-10-26-48(42)54(49)46-24-8-1-14-35(46)32-52/h2-7,9-13,15-26,29-30,35,39-40,42,45,48-49H,1,8,14,27-28H2/t35?,39?,40?,42?,45?,48?,49-/m0/s1. The molecular formula is C50H42N4. The van der Waals surface area contributed by atoms with Gasteiger partial charge in [-0.15, -0.1) is 0 Å². The van der Waals surface area contributed by atoms with Crippen molar-refractivity contribution in [3.63, 3.8) is 0 Å². The lowest BCUT2D eigenvalue weighted by molar-refractivity contribution is 0.225. The van der Waals surface area contributed by atoms with Gasteiger partial charge in [0.05, 0.1) is 40.7 Å². The zero-order valence-corrected chi connectivity index (χ0v) is 30.3. The Morgan fingerprint density at radius 1 is 0.685 bits per heavy atom. The lowest BCUT2D eigenvalue weighted by Crippen LogP contribution is -2.40. The van der Waals surface area contributed by atoms with Crippen molar-refractivity contribution in [1.29, 1.82) is 10.5 Å². The van der Waals surface area contributed by atoms with E-state index < -0.39 is 0 Å². The molecule has 10 rings (SSSR count). The normalized spacial score (nSPS) is 26.9. The van der Waals surface area contributed by atoms with Gasteiger partial charge < -0.3 is 9.47 Å². The molecule has 0 amide bonds. The van der Waals surface area contributed by atoms with Crippen molar-refractivity contribution in [2.75, 3.05) is 0 Å². The maximum absolute atomic E-state index is 10.2. The first kappa shape index (κ1) is 32.5. The Balaban J connectivity index is 1.08. The summed E-state index contributed by atoms with van der Waals surface area (Å²) in [6.07, 6.45) is 28.7. The van der Waals surface area contributed by atoms with Crippen molar-refractivity contribution in [2.45, 2.75) is 56.0 Å². The van der Waals surface area contributed by atoms with Gasteiger partial charge >= 0.3 is 0 Å². The third kappa shape index (κ3) is 5.16. The number of rotatable bonds is 5. The Morgan fingerprint density at radius 3 is 2.33 bits per heavy atom. The first-order chi connectivity index (χ1) is 26.7. The van der Waals surface area contributed by atoms with E-state index in [2.05, 4.69) is 155 Å². The largest absolute Gasteiger partial charge is 0.363 e. The van der Waals surface area contributed by atoms with Crippen LogP contribution in [0, 0.1) is 40.4 Å². The molecule has 2 heterocycles. The zero-order chi connectivity index (χ0) is 36.2. The van der Waals surface area contributed by atoms with Crippen LogP contribution in [-0.4, -0.2) is 21.6 Å². The van der Waals surface area contributed by atoms with Crippen LogP contribution in [0.25, 0.3) is 33.1 Å². The van der Waals surface area contributed by atoms with E-state index in [-0.39, 0.29) is 17.8 Å². The van der Waals surface area contributed by atoms with Gasteiger partial charge in [0, 0.05) is 51.9 Å². The summed E-state index contributed by atoms with van der Waals surface area (Å²) in [4.78, 5) is 2.66. The number of nitrogens with zero attached hydrogens (tertiary/aromatic N) is 4. The summed E-state index contributed by atoms with van der Waals surface area (Å²) in [5.41, 5.74) is 10.7.